The Kier molecular flexibility index (Phi) is 4.59. The van der Waals surface area contributed by atoms with Gasteiger partial charge in [-0.3, -0.25) is 4.90 Å². The van der Waals surface area contributed by atoms with E-state index >= 15 is 0 Å². The van der Waals surface area contributed by atoms with Gasteiger partial charge < -0.3 is 9.47 Å². The quantitative estimate of drug-likeness (QED) is 0.838. The van der Waals surface area contributed by atoms with Gasteiger partial charge in [-0.15, -0.1) is 0 Å². The van der Waals surface area contributed by atoms with Crippen molar-refractivity contribution in [2.24, 2.45) is 0 Å². The van der Waals surface area contributed by atoms with Crippen molar-refractivity contribution in [3.8, 4) is 11.6 Å². The molecular weight excluding hydrogens is 318 g/mol. The molecule has 0 bridgehead atoms. The second kappa shape index (κ2) is 6.82. The zero-order valence-corrected chi connectivity index (χ0v) is 13.0. The van der Waals surface area contributed by atoms with Crippen molar-refractivity contribution < 1.29 is 23.0 Å². The van der Waals surface area contributed by atoms with Crippen molar-refractivity contribution in [1.29, 1.82) is 0 Å². The number of halogens is 2. The average Bonchev–Trinajstić information content (AvgIpc) is 2.92. The minimum atomic E-state index is -0.660. The van der Waals surface area contributed by atoms with E-state index in [2.05, 4.69) is 4.98 Å². The van der Waals surface area contributed by atoms with Gasteiger partial charge in [0.05, 0.1) is 12.6 Å². The Morgan fingerprint density at radius 3 is 2.88 bits per heavy atom. The van der Waals surface area contributed by atoms with Crippen LogP contribution in [-0.2, 0) is 11.3 Å². The van der Waals surface area contributed by atoms with Crippen molar-refractivity contribution in [2.45, 2.75) is 19.5 Å². The number of aromatic nitrogens is 1. The lowest BCUT2D eigenvalue weighted by Gasteiger charge is -2.18. The van der Waals surface area contributed by atoms with Crippen LogP contribution in [0.15, 0.2) is 36.5 Å². The number of cyclic esters (lactones) is 1. The van der Waals surface area contributed by atoms with Crippen molar-refractivity contribution in [3.63, 3.8) is 0 Å². The highest BCUT2D eigenvalue weighted by Crippen LogP contribution is 2.24. The Morgan fingerprint density at radius 2 is 2.21 bits per heavy atom. The molecule has 0 saturated carbocycles. The highest BCUT2D eigenvalue weighted by Gasteiger charge is 2.32. The van der Waals surface area contributed by atoms with Crippen LogP contribution in [0.25, 0.3) is 0 Å². The number of carbonyl (C=O) groups is 1. The number of hydrogen-bond donors (Lipinski definition) is 0. The molecule has 0 aliphatic carbocycles. The third kappa shape index (κ3) is 3.45. The third-order valence-corrected chi connectivity index (χ3v) is 3.71. The Morgan fingerprint density at radius 1 is 1.38 bits per heavy atom. The van der Waals surface area contributed by atoms with E-state index in [9.17, 15) is 13.6 Å². The lowest BCUT2D eigenvalue weighted by molar-refractivity contribution is 0.155. The molecule has 7 heteroatoms. The number of nitrogens with zero attached hydrogens (tertiary/aromatic N) is 2. The van der Waals surface area contributed by atoms with Crippen LogP contribution < -0.4 is 4.74 Å². The van der Waals surface area contributed by atoms with Crippen LogP contribution >= 0.6 is 0 Å². The molecule has 1 saturated heterocycles. The molecule has 1 aliphatic rings. The Labute approximate surface area is 137 Å². The number of rotatable bonds is 5. The van der Waals surface area contributed by atoms with E-state index in [0.29, 0.717) is 5.56 Å². The van der Waals surface area contributed by atoms with E-state index in [4.69, 9.17) is 9.47 Å². The molecule has 0 radical (unpaired) electrons. The number of ether oxygens (including phenoxy) is 2. The highest BCUT2D eigenvalue weighted by molar-refractivity contribution is 5.70. The van der Waals surface area contributed by atoms with E-state index in [1.54, 1.807) is 25.1 Å². The largest absolute Gasteiger partial charge is 0.447 e. The SMILES string of the molecule is Cc1ccc(Oc2ccc(CN3C(=O)OC[C@H]3CF)cn2)c(F)c1. The van der Waals surface area contributed by atoms with E-state index < -0.39 is 24.6 Å². The predicted octanol–water partition coefficient (Wildman–Crippen LogP) is 3.61. The van der Waals surface area contributed by atoms with E-state index in [0.717, 1.165) is 5.56 Å². The Balaban J connectivity index is 1.68. The molecule has 1 fully saturated rings. The van der Waals surface area contributed by atoms with Crippen LogP contribution in [0.2, 0.25) is 0 Å². The molecule has 2 heterocycles. The Hall–Kier alpha value is -2.70. The standard InChI is InChI=1S/C17H16F2N2O3/c1-11-2-4-15(14(19)6-11)24-16-5-3-12(8-20-16)9-21-13(7-18)10-23-17(21)22/h2-6,8,13H,7,9-10H2,1H3/t13-/m1/s1. The molecule has 2 aromatic rings. The second-order valence-corrected chi connectivity index (χ2v) is 5.55. The third-order valence-electron chi connectivity index (χ3n) is 3.71. The van der Waals surface area contributed by atoms with E-state index in [1.165, 1.54) is 23.2 Å². The summed E-state index contributed by atoms with van der Waals surface area (Å²) in [5, 5.41) is 0. The minimum absolute atomic E-state index is 0.0522. The zero-order chi connectivity index (χ0) is 17.1. The smallest absolute Gasteiger partial charge is 0.410 e. The van der Waals surface area contributed by atoms with E-state index in [1.807, 2.05) is 0 Å². The monoisotopic (exact) mass is 334 g/mol. The van der Waals surface area contributed by atoms with Crippen molar-refractivity contribution in [2.75, 3.05) is 13.3 Å². The van der Waals surface area contributed by atoms with E-state index in [-0.39, 0.29) is 24.8 Å². The molecule has 24 heavy (non-hydrogen) atoms. The molecule has 0 spiro atoms. The molecule has 0 N–H and O–H groups in total. The first-order valence-electron chi connectivity index (χ1n) is 7.45. The summed E-state index contributed by atoms with van der Waals surface area (Å²) in [4.78, 5) is 17.0. The first kappa shape index (κ1) is 16.2. The molecule has 1 aromatic carbocycles. The summed E-state index contributed by atoms with van der Waals surface area (Å²) >= 11 is 0. The lowest BCUT2D eigenvalue weighted by atomic mass is 10.2. The van der Waals surface area contributed by atoms with Crippen LogP contribution in [-0.4, -0.2) is 35.3 Å². The number of amides is 1. The molecule has 1 atom stereocenters. The van der Waals surface area contributed by atoms with Gasteiger partial charge in [0.2, 0.25) is 5.88 Å². The second-order valence-electron chi connectivity index (χ2n) is 5.55. The first-order valence-corrected chi connectivity index (χ1v) is 7.45. The number of benzene rings is 1. The molecular formula is C17H16F2N2O3. The van der Waals surface area contributed by atoms with Crippen LogP contribution in [0.1, 0.15) is 11.1 Å². The van der Waals surface area contributed by atoms with Crippen molar-refractivity contribution >= 4 is 6.09 Å². The zero-order valence-electron chi connectivity index (χ0n) is 13.0. The van der Waals surface area contributed by atoms with Gasteiger partial charge in [0.25, 0.3) is 0 Å². The summed E-state index contributed by atoms with van der Waals surface area (Å²) in [6.07, 6.45) is 0.960. The number of aryl methyl sites for hydroxylation is 1. The fourth-order valence-electron chi connectivity index (χ4n) is 2.37. The van der Waals surface area contributed by atoms with Gasteiger partial charge >= 0.3 is 6.09 Å². The fraction of sp³-hybridized carbons (Fsp3) is 0.294. The Bertz CT molecular complexity index is 737. The van der Waals surface area contributed by atoms with Crippen molar-refractivity contribution in [3.05, 3.63) is 53.5 Å². The average molecular weight is 334 g/mol. The van der Waals surface area contributed by atoms with Gasteiger partial charge in [-0.2, -0.15) is 0 Å². The summed E-state index contributed by atoms with van der Waals surface area (Å²) in [6.45, 7) is 1.37. The molecule has 1 aliphatic heterocycles. The van der Waals surface area contributed by atoms with Crippen LogP contribution in [0.5, 0.6) is 11.6 Å². The van der Waals surface area contributed by atoms with Crippen LogP contribution in [0, 0.1) is 12.7 Å². The van der Waals surface area contributed by atoms with Crippen molar-refractivity contribution in [1.82, 2.24) is 9.88 Å². The number of hydrogen-bond acceptors (Lipinski definition) is 4. The maximum Gasteiger partial charge on any atom is 0.410 e. The summed E-state index contributed by atoms with van der Waals surface area (Å²) in [5.41, 5.74) is 1.49. The maximum absolute atomic E-state index is 13.8. The number of alkyl halides is 1. The molecule has 1 amide bonds. The first-order chi connectivity index (χ1) is 11.6. The topological polar surface area (TPSA) is 51.7 Å². The molecule has 1 aromatic heterocycles. The molecule has 5 nitrogen and oxygen atoms in total. The molecule has 126 valence electrons. The molecule has 3 rings (SSSR count). The summed E-state index contributed by atoms with van der Waals surface area (Å²) < 4.78 is 36.8. The van der Waals surface area contributed by atoms with Gasteiger partial charge in [-0.25, -0.2) is 18.6 Å². The highest BCUT2D eigenvalue weighted by atomic mass is 19.1. The number of carbonyl (C=O) groups excluding carboxylic acids is 1. The number of pyridine rings is 1. The predicted molar refractivity (Wildman–Crippen MR) is 82.1 cm³/mol. The normalized spacial score (nSPS) is 17.0. The minimum Gasteiger partial charge on any atom is -0.447 e. The van der Waals surface area contributed by atoms with Gasteiger partial charge in [0.1, 0.15) is 13.3 Å². The fourth-order valence-corrected chi connectivity index (χ4v) is 2.37. The van der Waals surface area contributed by atoms with Crippen LogP contribution in [0.4, 0.5) is 13.6 Å². The van der Waals surface area contributed by atoms with Gasteiger partial charge in [0, 0.05) is 12.3 Å². The maximum atomic E-state index is 13.8. The van der Waals surface area contributed by atoms with Crippen LogP contribution in [0.3, 0.4) is 0 Å². The summed E-state index contributed by atoms with van der Waals surface area (Å²) in [5.74, 6) is -0.152. The summed E-state index contributed by atoms with van der Waals surface area (Å²) in [6, 6.07) is 7.33. The molecule has 0 unspecified atom stereocenters. The lowest BCUT2D eigenvalue weighted by Crippen LogP contribution is -2.34. The van der Waals surface area contributed by atoms with Gasteiger partial charge in [0.15, 0.2) is 11.6 Å². The van der Waals surface area contributed by atoms with Gasteiger partial charge in [-0.05, 0) is 30.2 Å². The van der Waals surface area contributed by atoms with Gasteiger partial charge in [-0.1, -0.05) is 12.1 Å². The summed E-state index contributed by atoms with van der Waals surface area (Å²) in [7, 11) is 0.